The Balaban J connectivity index is 1.86. The van der Waals surface area contributed by atoms with Gasteiger partial charge >= 0.3 is 6.03 Å². The molecule has 2 rings (SSSR count). The molecule has 21 heavy (non-hydrogen) atoms. The Bertz CT molecular complexity index is 488. The van der Waals surface area contributed by atoms with E-state index in [1.165, 1.54) is 6.07 Å². The van der Waals surface area contributed by atoms with Gasteiger partial charge in [-0.3, -0.25) is 4.90 Å². The van der Waals surface area contributed by atoms with Gasteiger partial charge in [-0.2, -0.15) is 0 Å². The first kappa shape index (κ1) is 15.7. The number of nitrogens with zero attached hydrogens (tertiary/aromatic N) is 3. The predicted octanol–water partition coefficient (Wildman–Crippen LogP) is 1.16. The lowest BCUT2D eigenvalue weighted by molar-refractivity contribution is 0.0746. The summed E-state index contributed by atoms with van der Waals surface area (Å²) in [5.41, 5.74) is 0.323. The number of carbonyl (C=O) groups excluding carboxylic acids is 1. The van der Waals surface area contributed by atoms with Crippen molar-refractivity contribution in [3.63, 3.8) is 0 Å². The summed E-state index contributed by atoms with van der Waals surface area (Å²) in [5.74, 6) is -0.383. The zero-order chi connectivity index (χ0) is 15.4. The molecule has 0 saturated carbocycles. The van der Waals surface area contributed by atoms with Crippen LogP contribution in [0.3, 0.4) is 0 Å². The number of amides is 2. The first-order chi connectivity index (χ1) is 9.99. The number of hydrogen-bond donors (Lipinski definition) is 1. The molecule has 0 aromatic heterocycles. The van der Waals surface area contributed by atoms with E-state index in [0.29, 0.717) is 38.3 Å². The van der Waals surface area contributed by atoms with Gasteiger partial charge in [0.1, 0.15) is 5.82 Å². The van der Waals surface area contributed by atoms with Gasteiger partial charge in [0.2, 0.25) is 0 Å². The highest BCUT2D eigenvalue weighted by Crippen LogP contribution is 2.18. The van der Waals surface area contributed by atoms with E-state index in [2.05, 4.69) is 4.90 Å². The Morgan fingerprint density at radius 1 is 1.29 bits per heavy atom. The van der Waals surface area contributed by atoms with E-state index in [9.17, 15) is 14.3 Å². The number of aliphatic hydroxyl groups is 1. The molecule has 116 valence electrons. The quantitative estimate of drug-likeness (QED) is 0.910. The minimum absolute atomic E-state index is 0.00398. The van der Waals surface area contributed by atoms with Crippen LogP contribution >= 0.6 is 0 Å². The standard InChI is InChI=1S/C15H22FN3O2/c1-17(2)15(21)19-9-7-18(8-10-19)11-14(20)12-5-3-4-6-13(12)16/h3-6,14,20H,7-11H2,1-2H3. The second-order valence-corrected chi connectivity index (χ2v) is 5.50. The third-order valence-corrected chi connectivity index (χ3v) is 3.72. The molecule has 1 saturated heterocycles. The zero-order valence-corrected chi connectivity index (χ0v) is 12.5. The van der Waals surface area contributed by atoms with Gasteiger partial charge in [-0.05, 0) is 6.07 Å². The van der Waals surface area contributed by atoms with Crippen molar-refractivity contribution in [2.45, 2.75) is 6.10 Å². The summed E-state index contributed by atoms with van der Waals surface area (Å²) in [5, 5.41) is 10.1. The van der Waals surface area contributed by atoms with Gasteiger partial charge in [-0.15, -0.1) is 0 Å². The van der Waals surface area contributed by atoms with Crippen molar-refractivity contribution in [3.8, 4) is 0 Å². The maximum absolute atomic E-state index is 13.6. The van der Waals surface area contributed by atoms with Gasteiger partial charge in [0.15, 0.2) is 0 Å². The largest absolute Gasteiger partial charge is 0.387 e. The molecule has 2 amide bonds. The van der Waals surface area contributed by atoms with Crippen LogP contribution in [0.1, 0.15) is 11.7 Å². The minimum Gasteiger partial charge on any atom is -0.387 e. The van der Waals surface area contributed by atoms with Gasteiger partial charge < -0.3 is 14.9 Å². The van der Waals surface area contributed by atoms with Crippen molar-refractivity contribution in [3.05, 3.63) is 35.6 Å². The van der Waals surface area contributed by atoms with Crippen LogP contribution in [0, 0.1) is 5.82 Å². The van der Waals surface area contributed by atoms with E-state index >= 15 is 0 Å². The van der Waals surface area contributed by atoms with E-state index in [1.54, 1.807) is 42.1 Å². The van der Waals surface area contributed by atoms with Crippen LogP contribution in [0.25, 0.3) is 0 Å². The highest BCUT2D eigenvalue weighted by atomic mass is 19.1. The first-order valence-electron chi connectivity index (χ1n) is 7.10. The van der Waals surface area contributed by atoms with Gasteiger partial charge in [-0.25, -0.2) is 9.18 Å². The number of rotatable bonds is 3. The van der Waals surface area contributed by atoms with E-state index in [-0.39, 0.29) is 11.8 Å². The molecule has 1 N–H and O–H groups in total. The molecule has 1 unspecified atom stereocenters. The van der Waals surface area contributed by atoms with Crippen molar-refractivity contribution >= 4 is 6.03 Å². The molecule has 0 aliphatic carbocycles. The van der Waals surface area contributed by atoms with E-state index < -0.39 is 6.10 Å². The molecule has 1 aromatic rings. The summed E-state index contributed by atoms with van der Waals surface area (Å²) in [6.07, 6.45) is -0.845. The molecule has 6 heteroatoms. The number of halogens is 1. The average molecular weight is 295 g/mol. The fourth-order valence-corrected chi connectivity index (χ4v) is 2.49. The molecule has 1 aliphatic rings. The number of aliphatic hydroxyl groups excluding tert-OH is 1. The molecule has 1 aliphatic heterocycles. The van der Waals surface area contributed by atoms with Gasteiger partial charge in [0.25, 0.3) is 0 Å². The van der Waals surface area contributed by atoms with Crippen molar-refractivity contribution in [1.29, 1.82) is 0 Å². The van der Waals surface area contributed by atoms with E-state index in [4.69, 9.17) is 0 Å². The van der Waals surface area contributed by atoms with Crippen LogP contribution < -0.4 is 0 Å². The summed E-state index contributed by atoms with van der Waals surface area (Å²) in [6, 6.07) is 6.29. The topological polar surface area (TPSA) is 47.0 Å². The molecule has 0 spiro atoms. The van der Waals surface area contributed by atoms with Gasteiger partial charge in [0, 0.05) is 52.4 Å². The summed E-state index contributed by atoms with van der Waals surface area (Å²) in [7, 11) is 3.47. The lowest BCUT2D eigenvalue weighted by Gasteiger charge is -2.36. The number of hydrogen-bond acceptors (Lipinski definition) is 3. The summed E-state index contributed by atoms with van der Waals surface area (Å²) >= 11 is 0. The summed E-state index contributed by atoms with van der Waals surface area (Å²) in [6.45, 7) is 3.00. The second-order valence-electron chi connectivity index (χ2n) is 5.50. The predicted molar refractivity (Wildman–Crippen MR) is 78.5 cm³/mol. The lowest BCUT2D eigenvalue weighted by atomic mass is 10.1. The molecule has 5 nitrogen and oxygen atoms in total. The average Bonchev–Trinajstić information content (AvgIpc) is 2.47. The van der Waals surface area contributed by atoms with Gasteiger partial charge in [0.05, 0.1) is 6.10 Å². The fourth-order valence-electron chi connectivity index (χ4n) is 2.49. The zero-order valence-electron chi connectivity index (χ0n) is 12.5. The normalized spacial score (nSPS) is 17.6. The smallest absolute Gasteiger partial charge is 0.319 e. The van der Waals surface area contributed by atoms with E-state index in [1.807, 2.05) is 0 Å². The summed E-state index contributed by atoms with van der Waals surface area (Å²) < 4.78 is 13.6. The van der Waals surface area contributed by atoms with Crippen LogP contribution in [0.15, 0.2) is 24.3 Å². The Morgan fingerprint density at radius 2 is 1.90 bits per heavy atom. The van der Waals surface area contributed by atoms with Crippen LogP contribution in [0.2, 0.25) is 0 Å². The molecule has 1 atom stereocenters. The number of urea groups is 1. The maximum Gasteiger partial charge on any atom is 0.319 e. The van der Waals surface area contributed by atoms with Crippen LogP contribution in [0.5, 0.6) is 0 Å². The Kier molecular flexibility index (Phi) is 5.14. The van der Waals surface area contributed by atoms with Crippen LogP contribution in [-0.4, -0.2) is 72.7 Å². The minimum atomic E-state index is -0.845. The first-order valence-corrected chi connectivity index (χ1v) is 7.10. The Labute approximate surface area is 124 Å². The number of benzene rings is 1. The third kappa shape index (κ3) is 3.92. The SMILES string of the molecule is CN(C)C(=O)N1CCN(CC(O)c2ccccc2F)CC1. The van der Waals surface area contributed by atoms with Crippen LogP contribution in [-0.2, 0) is 0 Å². The molecular weight excluding hydrogens is 273 g/mol. The molecular formula is C15H22FN3O2. The molecule has 0 bridgehead atoms. The lowest BCUT2D eigenvalue weighted by Crippen LogP contribution is -2.52. The number of carbonyl (C=O) groups is 1. The Hall–Kier alpha value is -1.66. The van der Waals surface area contributed by atoms with Crippen molar-refractivity contribution in [2.24, 2.45) is 0 Å². The highest BCUT2D eigenvalue weighted by molar-refractivity contribution is 5.73. The molecule has 1 heterocycles. The monoisotopic (exact) mass is 295 g/mol. The maximum atomic E-state index is 13.6. The van der Waals surface area contributed by atoms with Crippen LogP contribution in [0.4, 0.5) is 9.18 Å². The summed E-state index contributed by atoms with van der Waals surface area (Å²) in [4.78, 5) is 17.2. The van der Waals surface area contributed by atoms with E-state index in [0.717, 1.165) is 0 Å². The van der Waals surface area contributed by atoms with Gasteiger partial charge in [-0.1, -0.05) is 18.2 Å². The Morgan fingerprint density at radius 3 is 2.48 bits per heavy atom. The molecule has 1 aromatic carbocycles. The number of β-amino-alcohol motifs (C(OH)–C–C–N with tert-alkyl or cyclic N) is 1. The van der Waals surface area contributed by atoms with Crippen molar-refractivity contribution in [1.82, 2.24) is 14.7 Å². The van der Waals surface area contributed by atoms with Crippen molar-refractivity contribution < 1.29 is 14.3 Å². The fraction of sp³-hybridized carbons (Fsp3) is 0.533. The second kappa shape index (κ2) is 6.87. The third-order valence-electron chi connectivity index (χ3n) is 3.72. The molecule has 1 fully saturated rings. The van der Waals surface area contributed by atoms with Crippen molar-refractivity contribution in [2.75, 3.05) is 46.8 Å². The number of piperazine rings is 1. The molecule has 0 radical (unpaired) electrons. The highest BCUT2D eigenvalue weighted by Gasteiger charge is 2.24.